The minimum absolute atomic E-state index is 0.185. The van der Waals surface area contributed by atoms with Crippen molar-refractivity contribution in [2.45, 2.75) is 18.6 Å². The number of fused-ring (bicyclic) bond motifs is 1. The van der Waals surface area contributed by atoms with E-state index in [1.165, 1.54) is 0 Å². The third-order valence-corrected chi connectivity index (χ3v) is 6.04. The molecule has 2 atom stereocenters. The predicted octanol–water partition coefficient (Wildman–Crippen LogP) is 4.06. The van der Waals surface area contributed by atoms with E-state index in [1.807, 2.05) is 52.8 Å². The molecule has 164 valence electrons. The fraction of sp³-hybridized carbons (Fsp3) is 0.200. The molecule has 1 aromatic carbocycles. The highest BCUT2D eigenvalue weighted by molar-refractivity contribution is 5.99. The summed E-state index contributed by atoms with van der Waals surface area (Å²) in [6, 6.07) is 14.6. The van der Waals surface area contributed by atoms with Crippen LogP contribution in [-0.4, -0.2) is 48.4 Å². The maximum absolute atomic E-state index is 5.53. The van der Waals surface area contributed by atoms with E-state index in [0.29, 0.717) is 11.6 Å². The Balaban J connectivity index is 1.64. The maximum Gasteiger partial charge on any atom is 0.218 e. The van der Waals surface area contributed by atoms with E-state index in [2.05, 4.69) is 39.7 Å². The summed E-state index contributed by atoms with van der Waals surface area (Å²) in [6.45, 7) is 0. The zero-order chi connectivity index (χ0) is 22.4. The Morgan fingerprint density at radius 2 is 1.91 bits per heavy atom. The molecule has 0 radical (unpaired) electrons. The maximum atomic E-state index is 5.53. The lowest BCUT2D eigenvalue weighted by Crippen LogP contribution is -2.13. The van der Waals surface area contributed by atoms with Crippen LogP contribution in [0.3, 0.4) is 0 Å². The van der Waals surface area contributed by atoms with Crippen LogP contribution in [0.15, 0.2) is 73.4 Å². The van der Waals surface area contributed by atoms with Gasteiger partial charge in [0.05, 0.1) is 12.1 Å². The van der Waals surface area contributed by atoms with Crippen LogP contribution in [0, 0.1) is 0 Å². The van der Waals surface area contributed by atoms with Gasteiger partial charge in [0.25, 0.3) is 0 Å². The summed E-state index contributed by atoms with van der Waals surface area (Å²) in [5, 5.41) is 8.48. The first-order valence-electron chi connectivity index (χ1n) is 10.9. The van der Waals surface area contributed by atoms with E-state index in [1.54, 1.807) is 19.5 Å². The Labute approximate surface area is 190 Å². The molecular formula is C25H23N7O. The zero-order valence-electron chi connectivity index (χ0n) is 18.4. The first-order valence-corrected chi connectivity index (χ1v) is 10.9. The summed E-state index contributed by atoms with van der Waals surface area (Å²) >= 11 is 0. The largest absolute Gasteiger partial charge is 0.379 e. The van der Waals surface area contributed by atoms with Crippen molar-refractivity contribution in [3.63, 3.8) is 0 Å². The number of hydrogen-bond acceptors (Lipinski definition) is 6. The van der Waals surface area contributed by atoms with E-state index in [4.69, 9.17) is 14.8 Å². The van der Waals surface area contributed by atoms with E-state index in [0.717, 1.165) is 40.0 Å². The lowest BCUT2D eigenvalue weighted by molar-refractivity contribution is 0.180. The molecular weight excluding hydrogens is 414 g/mol. The lowest BCUT2D eigenvalue weighted by atomic mass is 9.98. The SMILES string of the molecule is CO[C@@H]1C[C@H]1Nc1nc(-c2nccn2C)nn2cc(-c3cccnc3)c(-c3ccccc3)c12. The van der Waals surface area contributed by atoms with E-state index in [-0.39, 0.29) is 12.1 Å². The van der Waals surface area contributed by atoms with E-state index < -0.39 is 0 Å². The Kier molecular flexibility index (Phi) is 4.66. The van der Waals surface area contributed by atoms with Gasteiger partial charge in [0.15, 0.2) is 11.6 Å². The minimum atomic E-state index is 0.185. The second kappa shape index (κ2) is 7.83. The summed E-state index contributed by atoms with van der Waals surface area (Å²) < 4.78 is 9.36. The molecule has 8 nitrogen and oxygen atoms in total. The number of nitrogens with one attached hydrogen (secondary N) is 1. The smallest absolute Gasteiger partial charge is 0.218 e. The molecule has 0 saturated heterocycles. The third kappa shape index (κ3) is 3.44. The quantitative estimate of drug-likeness (QED) is 0.431. The van der Waals surface area contributed by atoms with Crippen molar-refractivity contribution >= 4 is 11.3 Å². The lowest BCUT2D eigenvalue weighted by Gasteiger charge is -2.12. The van der Waals surface area contributed by atoms with Gasteiger partial charge < -0.3 is 14.6 Å². The first-order chi connectivity index (χ1) is 16.2. The fourth-order valence-electron chi connectivity index (χ4n) is 4.26. The Bertz CT molecular complexity index is 1430. The molecule has 5 aromatic rings. The Hall–Kier alpha value is -4.04. The van der Waals surface area contributed by atoms with Crippen molar-refractivity contribution in [1.29, 1.82) is 0 Å². The van der Waals surface area contributed by atoms with Crippen molar-refractivity contribution in [3.8, 4) is 33.9 Å². The fourth-order valence-corrected chi connectivity index (χ4v) is 4.26. The van der Waals surface area contributed by atoms with Gasteiger partial charge in [-0.05, 0) is 18.1 Å². The van der Waals surface area contributed by atoms with Crippen molar-refractivity contribution in [2.75, 3.05) is 12.4 Å². The van der Waals surface area contributed by atoms with Crippen LogP contribution in [0.2, 0.25) is 0 Å². The van der Waals surface area contributed by atoms with Crippen LogP contribution < -0.4 is 5.32 Å². The molecule has 4 heterocycles. The summed E-state index contributed by atoms with van der Waals surface area (Å²) in [5.41, 5.74) is 5.14. The standard InChI is InChI=1S/C25H23N7O/c1-31-12-11-27-25(31)24-29-23(28-19-13-20(19)33-2)22-21(16-7-4-3-5-8-16)18(15-32(22)30-24)17-9-6-10-26-14-17/h3-12,14-15,19-20H,13H2,1-2H3,(H,28,29,30)/t19-,20-/m1/s1. The van der Waals surface area contributed by atoms with Gasteiger partial charge in [-0.15, -0.1) is 5.10 Å². The van der Waals surface area contributed by atoms with Gasteiger partial charge >= 0.3 is 0 Å². The first kappa shape index (κ1) is 19.6. The molecule has 6 rings (SSSR count). The van der Waals surface area contributed by atoms with Crippen molar-refractivity contribution in [2.24, 2.45) is 7.05 Å². The molecule has 8 heteroatoms. The average Bonchev–Trinajstić information content (AvgIpc) is 3.27. The molecule has 0 amide bonds. The monoisotopic (exact) mass is 437 g/mol. The number of aromatic nitrogens is 6. The second-order valence-corrected chi connectivity index (χ2v) is 8.23. The average molecular weight is 438 g/mol. The van der Waals surface area contributed by atoms with Gasteiger partial charge in [0.2, 0.25) is 5.82 Å². The molecule has 33 heavy (non-hydrogen) atoms. The Morgan fingerprint density at radius 1 is 1.06 bits per heavy atom. The van der Waals surface area contributed by atoms with Gasteiger partial charge in [0, 0.05) is 61.8 Å². The number of rotatable bonds is 6. The van der Waals surface area contributed by atoms with Crippen molar-refractivity contribution in [3.05, 3.63) is 73.4 Å². The number of ether oxygens (including phenoxy) is 1. The van der Waals surface area contributed by atoms with Crippen LogP contribution >= 0.6 is 0 Å². The van der Waals surface area contributed by atoms with Crippen LogP contribution in [0.4, 0.5) is 5.82 Å². The summed E-state index contributed by atoms with van der Waals surface area (Å²) in [5.74, 6) is 2.03. The number of aryl methyl sites for hydroxylation is 1. The van der Waals surface area contributed by atoms with Gasteiger partial charge in [-0.3, -0.25) is 4.98 Å². The Morgan fingerprint density at radius 3 is 2.61 bits per heavy atom. The van der Waals surface area contributed by atoms with Gasteiger partial charge in [-0.2, -0.15) is 0 Å². The summed E-state index contributed by atoms with van der Waals surface area (Å²) in [7, 11) is 3.69. The topological polar surface area (TPSA) is 82.2 Å². The molecule has 1 aliphatic carbocycles. The molecule has 0 aliphatic heterocycles. The number of hydrogen-bond donors (Lipinski definition) is 1. The molecule has 1 aliphatic rings. The van der Waals surface area contributed by atoms with Crippen molar-refractivity contribution in [1.82, 2.24) is 29.1 Å². The highest BCUT2D eigenvalue weighted by Crippen LogP contribution is 2.40. The zero-order valence-corrected chi connectivity index (χ0v) is 18.4. The molecule has 0 bridgehead atoms. The normalized spacial score (nSPS) is 17.4. The third-order valence-electron chi connectivity index (χ3n) is 6.04. The summed E-state index contributed by atoms with van der Waals surface area (Å²) in [6.07, 6.45) is 10.5. The molecule has 0 unspecified atom stereocenters. The minimum Gasteiger partial charge on any atom is -0.379 e. The highest BCUT2D eigenvalue weighted by atomic mass is 16.5. The number of benzene rings is 1. The number of anilines is 1. The molecule has 0 spiro atoms. The summed E-state index contributed by atoms with van der Waals surface area (Å²) in [4.78, 5) is 13.8. The van der Waals surface area contributed by atoms with Gasteiger partial charge in [-0.1, -0.05) is 36.4 Å². The molecule has 1 N–H and O–H groups in total. The molecule has 1 fully saturated rings. The highest BCUT2D eigenvalue weighted by Gasteiger charge is 2.38. The van der Waals surface area contributed by atoms with E-state index >= 15 is 0 Å². The van der Waals surface area contributed by atoms with Crippen LogP contribution in [0.25, 0.3) is 39.4 Å². The number of pyridine rings is 1. The van der Waals surface area contributed by atoms with Crippen LogP contribution in [0.5, 0.6) is 0 Å². The second-order valence-electron chi connectivity index (χ2n) is 8.23. The van der Waals surface area contributed by atoms with Crippen LogP contribution in [0.1, 0.15) is 6.42 Å². The number of imidazole rings is 1. The van der Waals surface area contributed by atoms with Crippen LogP contribution in [-0.2, 0) is 11.8 Å². The van der Waals surface area contributed by atoms with E-state index in [9.17, 15) is 0 Å². The van der Waals surface area contributed by atoms with Crippen molar-refractivity contribution < 1.29 is 4.74 Å². The number of methoxy groups -OCH3 is 1. The van der Waals surface area contributed by atoms with Gasteiger partial charge in [0.1, 0.15) is 5.52 Å². The predicted molar refractivity (Wildman–Crippen MR) is 127 cm³/mol. The van der Waals surface area contributed by atoms with Gasteiger partial charge in [-0.25, -0.2) is 14.5 Å². The molecule has 1 saturated carbocycles. The number of nitrogens with zero attached hydrogens (tertiary/aromatic N) is 6. The molecule has 4 aromatic heterocycles.